The Morgan fingerprint density at radius 2 is 2.31 bits per heavy atom. The number of hydrogen-bond acceptors (Lipinski definition) is 3. The lowest BCUT2D eigenvalue weighted by atomic mass is 9.99. The van der Waals surface area contributed by atoms with Crippen molar-refractivity contribution < 1.29 is 0 Å². The molecule has 0 amide bonds. The number of anilines is 2. The monoisotopic (exact) mass is 215 g/mol. The van der Waals surface area contributed by atoms with Gasteiger partial charge in [0.05, 0.1) is 11.3 Å². The van der Waals surface area contributed by atoms with Crippen LogP contribution in [0.25, 0.3) is 0 Å². The SMILES string of the molecule is CC1CCCN(c2ccc(N)cc2C#N)C1. The molecule has 1 heterocycles. The van der Waals surface area contributed by atoms with E-state index in [1.165, 1.54) is 12.8 Å². The summed E-state index contributed by atoms with van der Waals surface area (Å²) in [6, 6.07) is 7.82. The zero-order valence-corrected chi connectivity index (χ0v) is 9.61. The van der Waals surface area contributed by atoms with E-state index in [-0.39, 0.29) is 0 Å². The van der Waals surface area contributed by atoms with Crippen LogP contribution in [0.2, 0.25) is 0 Å². The summed E-state index contributed by atoms with van der Waals surface area (Å²) in [4.78, 5) is 2.30. The number of piperidine rings is 1. The summed E-state index contributed by atoms with van der Waals surface area (Å²) >= 11 is 0. The summed E-state index contributed by atoms with van der Waals surface area (Å²) in [6.07, 6.45) is 2.49. The van der Waals surface area contributed by atoms with E-state index in [2.05, 4.69) is 17.9 Å². The van der Waals surface area contributed by atoms with Gasteiger partial charge in [0.2, 0.25) is 0 Å². The molecule has 0 spiro atoms. The van der Waals surface area contributed by atoms with Gasteiger partial charge in [0.1, 0.15) is 6.07 Å². The first-order chi connectivity index (χ1) is 7.70. The lowest BCUT2D eigenvalue weighted by Gasteiger charge is -2.33. The van der Waals surface area contributed by atoms with Gasteiger partial charge in [-0.3, -0.25) is 0 Å². The van der Waals surface area contributed by atoms with Crippen LogP contribution in [0.4, 0.5) is 11.4 Å². The van der Waals surface area contributed by atoms with Crippen LogP contribution in [0, 0.1) is 17.2 Å². The molecule has 0 aliphatic carbocycles. The van der Waals surface area contributed by atoms with Gasteiger partial charge in [-0.25, -0.2) is 0 Å². The van der Waals surface area contributed by atoms with E-state index in [1.807, 2.05) is 12.1 Å². The molecule has 2 N–H and O–H groups in total. The van der Waals surface area contributed by atoms with Crippen LogP contribution in [0.1, 0.15) is 25.3 Å². The van der Waals surface area contributed by atoms with Crippen molar-refractivity contribution in [2.24, 2.45) is 5.92 Å². The molecule has 3 heteroatoms. The average molecular weight is 215 g/mol. The number of nitriles is 1. The molecular formula is C13H17N3. The molecule has 16 heavy (non-hydrogen) atoms. The summed E-state index contributed by atoms with van der Waals surface area (Å²) in [6.45, 7) is 4.34. The molecule has 1 aromatic carbocycles. The van der Waals surface area contributed by atoms with Gasteiger partial charge in [-0.05, 0) is 37.0 Å². The first-order valence-corrected chi connectivity index (χ1v) is 5.75. The van der Waals surface area contributed by atoms with Gasteiger partial charge in [-0.1, -0.05) is 6.92 Å². The summed E-state index contributed by atoms with van der Waals surface area (Å²) < 4.78 is 0. The molecule has 0 bridgehead atoms. The second kappa shape index (κ2) is 4.44. The second-order valence-electron chi connectivity index (χ2n) is 4.58. The van der Waals surface area contributed by atoms with Gasteiger partial charge in [-0.15, -0.1) is 0 Å². The quantitative estimate of drug-likeness (QED) is 0.732. The third-order valence-electron chi connectivity index (χ3n) is 3.14. The fraction of sp³-hybridized carbons (Fsp3) is 0.462. The Labute approximate surface area is 96.5 Å². The molecule has 3 nitrogen and oxygen atoms in total. The molecule has 1 aromatic rings. The van der Waals surface area contributed by atoms with Crippen molar-refractivity contribution in [2.75, 3.05) is 23.7 Å². The minimum atomic E-state index is 0.658. The molecule has 1 saturated heterocycles. The van der Waals surface area contributed by atoms with Crippen LogP contribution in [-0.4, -0.2) is 13.1 Å². The van der Waals surface area contributed by atoms with Crippen molar-refractivity contribution >= 4 is 11.4 Å². The van der Waals surface area contributed by atoms with E-state index in [0.717, 1.165) is 18.8 Å². The van der Waals surface area contributed by atoms with Crippen LogP contribution in [-0.2, 0) is 0 Å². The molecule has 84 valence electrons. The summed E-state index contributed by atoms with van der Waals surface area (Å²) in [7, 11) is 0. The minimum absolute atomic E-state index is 0.658. The summed E-state index contributed by atoms with van der Waals surface area (Å²) in [5.41, 5.74) is 8.07. The number of benzene rings is 1. The molecular weight excluding hydrogens is 198 g/mol. The van der Waals surface area contributed by atoms with Crippen molar-refractivity contribution in [1.29, 1.82) is 5.26 Å². The highest BCUT2D eigenvalue weighted by atomic mass is 15.1. The Kier molecular flexibility index (Phi) is 3.00. The van der Waals surface area contributed by atoms with Crippen LogP contribution < -0.4 is 10.6 Å². The first kappa shape index (κ1) is 10.8. The zero-order chi connectivity index (χ0) is 11.5. The zero-order valence-electron chi connectivity index (χ0n) is 9.61. The van der Waals surface area contributed by atoms with Gasteiger partial charge in [0.25, 0.3) is 0 Å². The molecule has 1 atom stereocenters. The number of hydrogen-bond donors (Lipinski definition) is 1. The number of nitrogens with zero attached hydrogens (tertiary/aromatic N) is 2. The first-order valence-electron chi connectivity index (χ1n) is 5.75. The lowest BCUT2D eigenvalue weighted by molar-refractivity contribution is 0.446. The van der Waals surface area contributed by atoms with E-state index in [9.17, 15) is 0 Å². The molecule has 2 rings (SSSR count). The highest BCUT2D eigenvalue weighted by Crippen LogP contribution is 2.27. The maximum atomic E-state index is 9.11. The van der Waals surface area contributed by atoms with Crippen LogP contribution in [0.15, 0.2) is 18.2 Å². The Morgan fingerprint density at radius 1 is 1.50 bits per heavy atom. The topological polar surface area (TPSA) is 53.0 Å². The highest BCUT2D eigenvalue weighted by molar-refractivity contribution is 5.64. The Balaban J connectivity index is 2.29. The van der Waals surface area contributed by atoms with Crippen molar-refractivity contribution in [2.45, 2.75) is 19.8 Å². The predicted octanol–water partition coefficient (Wildman–Crippen LogP) is 2.38. The average Bonchev–Trinajstić information content (AvgIpc) is 2.28. The van der Waals surface area contributed by atoms with Crippen LogP contribution in [0.3, 0.4) is 0 Å². The maximum absolute atomic E-state index is 9.11. The molecule has 1 fully saturated rings. The fourth-order valence-corrected chi connectivity index (χ4v) is 2.33. The van der Waals surface area contributed by atoms with Crippen molar-refractivity contribution in [3.63, 3.8) is 0 Å². The minimum Gasteiger partial charge on any atom is -0.399 e. The molecule has 1 aliphatic heterocycles. The number of nitrogen functional groups attached to an aromatic ring is 1. The second-order valence-corrected chi connectivity index (χ2v) is 4.58. The standard InChI is InChI=1S/C13H17N3/c1-10-3-2-6-16(9-10)13-5-4-12(15)7-11(13)8-14/h4-5,7,10H,2-3,6,9,15H2,1H3. The van der Waals surface area contributed by atoms with Gasteiger partial charge < -0.3 is 10.6 Å². The lowest BCUT2D eigenvalue weighted by Crippen LogP contribution is -2.34. The molecule has 0 saturated carbocycles. The maximum Gasteiger partial charge on any atom is 0.101 e. The molecule has 1 unspecified atom stereocenters. The van der Waals surface area contributed by atoms with E-state index >= 15 is 0 Å². The van der Waals surface area contributed by atoms with Crippen molar-refractivity contribution in [3.05, 3.63) is 23.8 Å². The number of rotatable bonds is 1. The Morgan fingerprint density at radius 3 is 3.00 bits per heavy atom. The van der Waals surface area contributed by atoms with Crippen molar-refractivity contribution in [3.8, 4) is 6.07 Å². The third-order valence-corrected chi connectivity index (χ3v) is 3.14. The molecule has 0 aromatic heterocycles. The van der Waals surface area contributed by atoms with E-state index in [0.29, 0.717) is 17.2 Å². The van der Waals surface area contributed by atoms with Gasteiger partial charge in [0.15, 0.2) is 0 Å². The summed E-state index contributed by atoms with van der Waals surface area (Å²) in [5.74, 6) is 0.706. The summed E-state index contributed by atoms with van der Waals surface area (Å²) in [5, 5.41) is 9.11. The van der Waals surface area contributed by atoms with Gasteiger partial charge >= 0.3 is 0 Å². The van der Waals surface area contributed by atoms with Crippen molar-refractivity contribution in [1.82, 2.24) is 0 Å². The largest absolute Gasteiger partial charge is 0.399 e. The fourth-order valence-electron chi connectivity index (χ4n) is 2.33. The van der Waals surface area contributed by atoms with Crippen LogP contribution in [0.5, 0.6) is 0 Å². The molecule has 1 aliphatic rings. The highest BCUT2D eigenvalue weighted by Gasteiger charge is 2.18. The van der Waals surface area contributed by atoms with E-state index in [1.54, 1.807) is 6.07 Å². The predicted molar refractivity (Wildman–Crippen MR) is 66.2 cm³/mol. The van der Waals surface area contributed by atoms with E-state index in [4.69, 9.17) is 11.0 Å². The number of nitrogens with two attached hydrogens (primary N) is 1. The van der Waals surface area contributed by atoms with Crippen LogP contribution >= 0.6 is 0 Å². The van der Waals surface area contributed by atoms with Gasteiger partial charge in [0, 0.05) is 18.8 Å². The Hall–Kier alpha value is -1.69. The van der Waals surface area contributed by atoms with E-state index < -0.39 is 0 Å². The smallest absolute Gasteiger partial charge is 0.101 e. The Bertz CT molecular complexity index is 420. The normalized spacial score (nSPS) is 20.5. The third kappa shape index (κ3) is 2.11. The van der Waals surface area contributed by atoms with Gasteiger partial charge in [-0.2, -0.15) is 5.26 Å². The molecule has 0 radical (unpaired) electrons.